The largest absolute Gasteiger partial charge is 0.477 e. The lowest BCUT2D eigenvalue weighted by Crippen LogP contribution is -2.61. The van der Waals surface area contributed by atoms with Gasteiger partial charge in [-0.05, 0) is 18.9 Å². The minimum absolute atomic E-state index is 0.0929. The van der Waals surface area contributed by atoms with Gasteiger partial charge in [0.25, 0.3) is 0 Å². The number of hydrogen-bond donors (Lipinski definition) is 2. The molecule has 2 amide bonds. The van der Waals surface area contributed by atoms with Gasteiger partial charge in [-0.15, -0.1) is 0 Å². The Morgan fingerprint density at radius 2 is 2.05 bits per heavy atom. The maximum absolute atomic E-state index is 12.0. The van der Waals surface area contributed by atoms with Crippen molar-refractivity contribution in [3.63, 3.8) is 0 Å². The molecule has 114 valence electrons. The summed E-state index contributed by atoms with van der Waals surface area (Å²) in [5.74, 6) is -2.42. The van der Waals surface area contributed by atoms with Crippen molar-refractivity contribution in [2.24, 2.45) is 5.92 Å². The second-order valence-electron chi connectivity index (χ2n) is 5.49. The monoisotopic (exact) mass is 294 g/mol. The van der Waals surface area contributed by atoms with Crippen molar-refractivity contribution < 1.29 is 24.6 Å². The van der Waals surface area contributed by atoms with Gasteiger partial charge in [-0.25, -0.2) is 4.79 Å². The van der Waals surface area contributed by atoms with Crippen LogP contribution < -0.4 is 0 Å². The number of hydrogen-bond acceptors (Lipinski definition) is 4. The summed E-state index contributed by atoms with van der Waals surface area (Å²) < 4.78 is 0. The molecule has 0 aliphatic carbocycles. The second kappa shape index (κ2) is 5.33. The zero-order valence-corrected chi connectivity index (χ0v) is 12.1. The lowest BCUT2D eigenvalue weighted by molar-refractivity contribution is -0.161. The summed E-state index contributed by atoms with van der Waals surface area (Å²) in [6.45, 7) is 1.52. The third kappa shape index (κ3) is 2.44. The number of β-lactam (4-membered cyclic amide) rings is 1. The van der Waals surface area contributed by atoms with Gasteiger partial charge >= 0.3 is 5.97 Å². The van der Waals surface area contributed by atoms with Crippen molar-refractivity contribution in [1.82, 2.24) is 9.80 Å². The lowest BCUT2D eigenvalue weighted by atomic mass is 9.83. The van der Waals surface area contributed by atoms with Gasteiger partial charge in [0.15, 0.2) is 0 Å². The number of aliphatic carboxylic acids is 1. The molecular weight excluding hydrogens is 276 g/mol. The van der Waals surface area contributed by atoms with E-state index in [9.17, 15) is 24.6 Å². The molecule has 1 saturated heterocycles. The van der Waals surface area contributed by atoms with Gasteiger partial charge in [0.05, 0.1) is 18.1 Å². The molecule has 0 aromatic carbocycles. The van der Waals surface area contributed by atoms with E-state index < -0.39 is 18.0 Å². The van der Waals surface area contributed by atoms with Gasteiger partial charge < -0.3 is 20.0 Å². The van der Waals surface area contributed by atoms with Gasteiger partial charge in [0, 0.05) is 20.2 Å². The number of allylic oxidation sites excluding steroid dienone is 1. The molecule has 2 heterocycles. The van der Waals surface area contributed by atoms with Crippen molar-refractivity contribution in [3.05, 3.63) is 23.4 Å². The highest BCUT2D eigenvalue weighted by molar-refractivity contribution is 6.00. The number of aliphatic hydroxyl groups excluding tert-OH is 1. The van der Waals surface area contributed by atoms with Crippen LogP contribution in [0.3, 0.4) is 0 Å². The van der Waals surface area contributed by atoms with Crippen LogP contribution in [0, 0.1) is 5.92 Å². The average molecular weight is 294 g/mol. The van der Waals surface area contributed by atoms with Crippen molar-refractivity contribution >= 4 is 17.8 Å². The molecular formula is C14H18N2O5. The number of fused-ring (bicyclic) bond motifs is 1. The zero-order chi connectivity index (χ0) is 15.9. The number of rotatable bonds is 4. The number of carbonyl (C=O) groups excluding carboxylic acids is 2. The maximum atomic E-state index is 12.0. The van der Waals surface area contributed by atoms with Crippen LogP contribution in [0.5, 0.6) is 0 Å². The van der Waals surface area contributed by atoms with Gasteiger partial charge in [-0.1, -0.05) is 6.08 Å². The highest BCUT2D eigenvalue weighted by Gasteiger charge is 2.56. The minimum Gasteiger partial charge on any atom is -0.477 e. The highest BCUT2D eigenvalue weighted by Crippen LogP contribution is 2.43. The predicted octanol–water partition coefficient (Wildman–Crippen LogP) is -0.419. The number of amides is 2. The third-order valence-corrected chi connectivity index (χ3v) is 3.83. The van der Waals surface area contributed by atoms with E-state index in [-0.39, 0.29) is 23.6 Å². The number of aliphatic hydroxyl groups is 1. The topological polar surface area (TPSA) is 98.1 Å². The summed E-state index contributed by atoms with van der Waals surface area (Å²) in [4.78, 5) is 37.4. The first-order chi connectivity index (χ1) is 9.75. The first kappa shape index (κ1) is 15.2. The molecule has 2 aliphatic rings. The Hall–Kier alpha value is -2.15. The summed E-state index contributed by atoms with van der Waals surface area (Å²) >= 11 is 0. The molecule has 2 aliphatic heterocycles. The Morgan fingerprint density at radius 3 is 2.52 bits per heavy atom. The molecule has 7 nitrogen and oxygen atoms in total. The van der Waals surface area contributed by atoms with Crippen molar-refractivity contribution in [1.29, 1.82) is 0 Å². The number of likely N-dealkylation sites (N-methyl/N-ethyl adjacent to an activating group) is 1. The van der Waals surface area contributed by atoms with E-state index in [2.05, 4.69) is 0 Å². The third-order valence-electron chi connectivity index (χ3n) is 3.83. The zero-order valence-electron chi connectivity index (χ0n) is 12.1. The predicted molar refractivity (Wildman–Crippen MR) is 72.9 cm³/mol. The quantitative estimate of drug-likeness (QED) is 0.542. The number of carbonyl (C=O) groups is 3. The Labute approximate surface area is 122 Å². The first-order valence-electron chi connectivity index (χ1n) is 6.62. The second-order valence-corrected chi connectivity index (χ2v) is 5.49. The summed E-state index contributed by atoms with van der Waals surface area (Å²) in [6.07, 6.45) is 2.24. The van der Waals surface area contributed by atoms with Crippen LogP contribution in [0.2, 0.25) is 0 Å². The lowest BCUT2D eigenvalue weighted by Gasteiger charge is -2.44. The minimum atomic E-state index is -1.20. The SMILES string of the molecule is C[C@@H](O)[C@H]1C(=O)N2C(C(=O)O)=C(/C=C\C(=O)N(C)C)C[C@H]12. The summed E-state index contributed by atoms with van der Waals surface area (Å²) in [6, 6.07) is -0.335. The van der Waals surface area contributed by atoms with E-state index in [1.54, 1.807) is 14.1 Å². The van der Waals surface area contributed by atoms with Crippen LogP contribution in [-0.4, -0.2) is 64.0 Å². The molecule has 21 heavy (non-hydrogen) atoms. The summed E-state index contributed by atoms with van der Waals surface area (Å²) in [7, 11) is 3.18. The van der Waals surface area contributed by atoms with Gasteiger partial charge in [-0.2, -0.15) is 0 Å². The molecule has 0 radical (unpaired) electrons. The molecule has 2 rings (SSSR count). The van der Waals surface area contributed by atoms with Crippen LogP contribution in [0.25, 0.3) is 0 Å². The molecule has 0 spiro atoms. The van der Waals surface area contributed by atoms with Crippen LogP contribution in [0.4, 0.5) is 0 Å². The van der Waals surface area contributed by atoms with E-state index in [4.69, 9.17) is 0 Å². The Kier molecular flexibility index (Phi) is 3.87. The fourth-order valence-electron chi connectivity index (χ4n) is 2.77. The van der Waals surface area contributed by atoms with Crippen molar-refractivity contribution in [2.45, 2.75) is 25.5 Å². The number of carboxylic acid groups (broad SMARTS) is 1. The van der Waals surface area contributed by atoms with E-state index in [0.717, 1.165) is 0 Å². The van der Waals surface area contributed by atoms with E-state index >= 15 is 0 Å². The molecule has 0 saturated carbocycles. The van der Waals surface area contributed by atoms with Crippen LogP contribution >= 0.6 is 0 Å². The van der Waals surface area contributed by atoms with Gasteiger partial charge in [0.1, 0.15) is 5.70 Å². The fraction of sp³-hybridized carbons (Fsp3) is 0.500. The normalized spacial score (nSPS) is 25.9. The summed E-state index contributed by atoms with van der Waals surface area (Å²) in [5.41, 5.74) is 0.337. The molecule has 0 unspecified atom stereocenters. The molecule has 7 heteroatoms. The van der Waals surface area contributed by atoms with Crippen molar-refractivity contribution in [3.8, 4) is 0 Å². The van der Waals surface area contributed by atoms with E-state index in [0.29, 0.717) is 12.0 Å². The first-order valence-corrected chi connectivity index (χ1v) is 6.62. The number of nitrogens with zero attached hydrogens (tertiary/aromatic N) is 2. The molecule has 0 aromatic heterocycles. The summed E-state index contributed by atoms with van der Waals surface area (Å²) in [5, 5.41) is 18.9. The molecule has 3 atom stereocenters. The molecule has 0 bridgehead atoms. The smallest absolute Gasteiger partial charge is 0.352 e. The van der Waals surface area contributed by atoms with Crippen LogP contribution in [0.1, 0.15) is 13.3 Å². The Bertz CT molecular complexity index is 562. The Morgan fingerprint density at radius 1 is 1.43 bits per heavy atom. The van der Waals surface area contributed by atoms with E-state index in [1.165, 1.54) is 28.9 Å². The molecule has 2 N–H and O–H groups in total. The maximum Gasteiger partial charge on any atom is 0.352 e. The highest BCUT2D eigenvalue weighted by atomic mass is 16.4. The molecule has 0 aromatic rings. The van der Waals surface area contributed by atoms with Crippen LogP contribution in [-0.2, 0) is 14.4 Å². The van der Waals surface area contributed by atoms with E-state index in [1.807, 2.05) is 0 Å². The Balaban J connectivity index is 2.27. The van der Waals surface area contributed by atoms with Gasteiger partial charge in [0.2, 0.25) is 11.8 Å². The van der Waals surface area contributed by atoms with Crippen LogP contribution in [0.15, 0.2) is 23.4 Å². The van der Waals surface area contributed by atoms with Crippen molar-refractivity contribution in [2.75, 3.05) is 14.1 Å². The standard InChI is InChI=1S/C14H18N2O5/c1-7(17)11-9-6-8(4-5-10(18)15(2)3)12(14(20)21)16(9)13(11)19/h4-5,7,9,11,17H,6H2,1-3H3,(H,20,21)/b5-4-/t7-,9-,11-/m1/s1. The fourth-order valence-corrected chi connectivity index (χ4v) is 2.77. The average Bonchev–Trinajstić information content (AvgIpc) is 2.69. The molecule has 1 fully saturated rings. The van der Waals surface area contributed by atoms with Gasteiger partial charge in [-0.3, -0.25) is 9.59 Å². The number of carboxylic acids is 1.